The van der Waals surface area contributed by atoms with Gasteiger partial charge in [-0.25, -0.2) is 4.39 Å². The normalized spacial score (nSPS) is 25.6. The predicted octanol–water partition coefficient (Wildman–Crippen LogP) is 1.80. The highest BCUT2D eigenvalue weighted by atomic mass is 19.1. The molecule has 0 bridgehead atoms. The minimum atomic E-state index is -0.0749. The van der Waals surface area contributed by atoms with E-state index < -0.39 is 0 Å². The Hall–Kier alpha value is -0.930. The Labute approximate surface area is 88.9 Å². The van der Waals surface area contributed by atoms with E-state index in [1.165, 1.54) is 12.8 Å². The van der Waals surface area contributed by atoms with Crippen LogP contribution in [-0.2, 0) is 6.54 Å². The minimum absolute atomic E-state index is 0.0749. The quantitative estimate of drug-likeness (QED) is 0.799. The van der Waals surface area contributed by atoms with Gasteiger partial charge in [-0.1, -0.05) is 12.1 Å². The van der Waals surface area contributed by atoms with E-state index in [0.717, 1.165) is 17.7 Å². The van der Waals surface area contributed by atoms with Crippen LogP contribution in [0.15, 0.2) is 18.2 Å². The Morgan fingerprint density at radius 3 is 2.87 bits per heavy atom. The van der Waals surface area contributed by atoms with E-state index in [1.807, 2.05) is 6.07 Å². The van der Waals surface area contributed by atoms with E-state index in [1.54, 1.807) is 12.1 Å². The van der Waals surface area contributed by atoms with E-state index >= 15 is 0 Å². The number of fused-ring (bicyclic) bond motifs is 1. The molecule has 1 unspecified atom stereocenters. The van der Waals surface area contributed by atoms with E-state index in [-0.39, 0.29) is 11.9 Å². The molecular formula is C12H15FN2. The molecule has 0 radical (unpaired) electrons. The van der Waals surface area contributed by atoms with Crippen LogP contribution in [0.5, 0.6) is 0 Å². The maximum atomic E-state index is 13.6. The molecule has 2 aliphatic rings. The molecule has 0 saturated heterocycles. The topological polar surface area (TPSA) is 29.3 Å². The number of nitrogens with two attached hydrogens (primary N) is 1. The highest BCUT2D eigenvalue weighted by Gasteiger charge is 2.39. The molecule has 80 valence electrons. The zero-order valence-electron chi connectivity index (χ0n) is 8.62. The molecule has 1 heterocycles. The van der Waals surface area contributed by atoms with Gasteiger partial charge < -0.3 is 5.73 Å². The van der Waals surface area contributed by atoms with Gasteiger partial charge in [0.25, 0.3) is 0 Å². The van der Waals surface area contributed by atoms with Crippen LogP contribution in [0.2, 0.25) is 0 Å². The maximum Gasteiger partial charge on any atom is 0.128 e. The standard InChI is InChI=1S/C12H15FN2/c13-11-3-1-2-9-10(11)7-15(8-4-5-8)12(9)6-14/h1-3,8,12H,4-7,14H2. The number of benzene rings is 1. The Kier molecular flexibility index (Phi) is 2.04. The van der Waals surface area contributed by atoms with Crippen molar-refractivity contribution in [1.82, 2.24) is 4.90 Å². The van der Waals surface area contributed by atoms with Crippen LogP contribution >= 0.6 is 0 Å². The lowest BCUT2D eigenvalue weighted by atomic mass is 10.0. The number of hydrogen-bond donors (Lipinski definition) is 1. The van der Waals surface area contributed by atoms with Crippen molar-refractivity contribution in [3.63, 3.8) is 0 Å². The van der Waals surface area contributed by atoms with E-state index in [2.05, 4.69) is 4.90 Å². The fourth-order valence-corrected chi connectivity index (χ4v) is 2.58. The summed E-state index contributed by atoms with van der Waals surface area (Å²) in [6, 6.07) is 6.22. The van der Waals surface area contributed by atoms with Crippen molar-refractivity contribution in [2.45, 2.75) is 31.5 Å². The second kappa shape index (κ2) is 3.29. The molecular weight excluding hydrogens is 191 g/mol. The first-order valence-electron chi connectivity index (χ1n) is 5.54. The third kappa shape index (κ3) is 1.38. The summed E-state index contributed by atoms with van der Waals surface area (Å²) >= 11 is 0. The molecule has 0 spiro atoms. The van der Waals surface area contributed by atoms with Crippen molar-refractivity contribution < 1.29 is 4.39 Å². The average Bonchev–Trinajstić information content (AvgIpc) is 3.00. The predicted molar refractivity (Wildman–Crippen MR) is 56.8 cm³/mol. The van der Waals surface area contributed by atoms with Crippen LogP contribution in [0.4, 0.5) is 4.39 Å². The Bertz CT molecular complexity index is 387. The van der Waals surface area contributed by atoms with Gasteiger partial charge >= 0.3 is 0 Å². The fourth-order valence-electron chi connectivity index (χ4n) is 2.58. The largest absolute Gasteiger partial charge is 0.329 e. The van der Waals surface area contributed by atoms with Crippen LogP contribution in [0.1, 0.15) is 30.0 Å². The van der Waals surface area contributed by atoms with Gasteiger partial charge in [-0.2, -0.15) is 0 Å². The zero-order valence-corrected chi connectivity index (χ0v) is 8.62. The van der Waals surface area contributed by atoms with E-state index in [4.69, 9.17) is 5.73 Å². The van der Waals surface area contributed by atoms with Crippen molar-refractivity contribution in [1.29, 1.82) is 0 Å². The van der Waals surface area contributed by atoms with Gasteiger partial charge in [0.05, 0.1) is 0 Å². The van der Waals surface area contributed by atoms with Crippen LogP contribution in [0, 0.1) is 5.82 Å². The van der Waals surface area contributed by atoms with Crippen LogP contribution in [0.25, 0.3) is 0 Å². The Morgan fingerprint density at radius 1 is 1.40 bits per heavy atom. The number of hydrogen-bond acceptors (Lipinski definition) is 2. The third-order valence-electron chi connectivity index (χ3n) is 3.49. The van der Waals surface area contributed by atoms with Crippen molar-refractivity contribution >= 4 is 0 Å². The lowest BCUT2D eigenvalue weighted by Gasteiger charge is -2.23. The lowest BCUT2D eigenvalue weighted by Crippen LogP contribution is -2.29. The summed E-state index contributed by atoms with van der Waals surface area (Å²) in [6.07, 6.45) is 2.48. The first kappa shape index (κ1) is 9.31. The van der Waals surface area contributed by atoms with Gasteiger partial charge in [-0.15, -0.1) is 0 Å². The van der Waals surface area contributed by atoms with Crippen LogP contribution in [-0.4, -0.2) is 17.5 Å². The molecule has 1 fully saturated rings. The second-order valence-corrected chi connectivity index (χ2v) is 4.46. The van der Waals surface area contributed by atoms with Gasteiger partial charge in [0, 0.05) is 30.7 Å². The average molecular weight is 206 g/mol. The molecule has 1 saturated carbocycles. The molecule has 15 heavy (non-hydrogen) atoms. The summed E-state index contributed by atoms with van der Waals surface area (Å²) in [5, 5.41) is 0. The van der Waals surface area contributed by atoms with Gasteiger partial charge in [-0.05, 0) is 24.5 Å². The molecule has 1 atom stereocenters. The molecule has 1 aromatic rings. The summed E-state index contributed by atoms with van der Waals surface area (Å²) in [4.78, 5) is 2.35. The second-order valence-electron chi connectivity index (χ2n) is 4.46. The minimum Gasteiger partial charge on any atom is -0.329 e. The molecule has 3 rings (SSSR count). The monoisotopic (exact) mass is 206 g/mol. The molecule has 1 aliphatic carbocycles. The smallest absolute Gasteiger partial charge is 0.128 e. The van der Waals surface area contributed by atoms with Gasteiger partial charge in [0.15, 0.2) is 0 Å². The highest BCUT2D eigenvalue weighted by molar-refractivity contribution is 5.36. The molecule has 0 amide bonds. The summed E-state index contributed by atoms with van der Waals surface area (Å²) in [6.45, 7) is 1.33. The molecule has 2 N–H and O–H groups in total. The van der Waals surface area contributed by atoms with Gasteiger partial charge in [-0.3, -0.25) is 4.90 Å². The Balaban J connectivity index is 2.00. The Morgan fingerprint density at radius 2 is 2.20 bits per heavy atom. The lowest BCUT2D eigenvalue weighted by molar-refractivity contribution is 0.208. The molecule has 2 nitrogen and oxygen atoms in total. The molecule has 3 heteroatoms. The van der Waals surface area contributed by atoms with E-state index in [9.17, 15) is 4.39 Å². The fraction of sp³-hybridized carbons (Fsp3) is 0.500. The highest BCUT2D eigenvalue weighted by Crippen LogP contribution is 2.41. The van der Waals surface area contributed by atoms with Crippen molar-refractivity contribution in [2.75, 3.05) is 6.54 Å². The number of rotatable bonds is 2. The van der Waals surface area contributed by atoms with Crippen molar-refractivity contribution in [3.8, 4) is 0 Å². The maximum absolute atomic E-state index is 13.6. The number of halogens is 1. The first-order chi connectivity index (χ1) is 7.31. The third-order valence-corrected chi connectivity index (χ3v) is 3.49. The summed E-state index contributed by atoms with van der Waals surface area (Å²) in [5.41, 5.74) is 7.75. The van der Waals surface area contributed by atoms with Crippen LogP contribution in [0.3, 0.4) is 0 Å². The summed E-state index contributed by atoms with van der Waals surface area (Å²) in [5.74, 6) is -0.0749. The molecule has 1 aliphatic heterocycles. The van der Waals surface area contributed by atoms with Gasteiger partial charge in [0.2, 0.25) is 0 Å². The van der Waals surface area contributed by atoms with E-state index in [0.29, 0.717) is 12.6 Å². The first-order valence-corrected chi connectivity index (χ1v) is 5.54. The summed E-state index contributed by atoms with van der Waals surface area (Å²) in [7, 11) is 0. The van der Waals surface area contributed by atoms with Gasteiger partial charge in [0.1, 0.15) is 5.82 Å². The zero-order chi connectivity index (χ0) is 10.4. The van der Waals surface area contributed by atoms with Crippen molar-refractivity contribution in [2.24, 2.45) is 5.73 Å². The molecule has 1 aromatic carbocycles. The van der Waals surface area contributed by atoms with Crippen LogP contribution < -0.4 is 5.73 Å². The SMILES string of the molecule is NCC1c2cccc(F)c2CN1C1CC1. The molecule has 0 aromatic heterocycles. The van der Waals surface area contributed by atoms with Crippen molar-refractivity contribution in [3.05, 3.63) is 35.1 Å². The number of nitrogens with zero attached hydrogens (tertiary/aromatic N) is 1. The summed E-state index contributed by atoms with van der Waals surface area (Å²) < 4.78 is 13.6.